The quantitative estimate of drug-likeness (QED) is 0.356. The molecule has 152 valence electrons. The second-order valence-electron chi connectivity index (χ2n) is 7.84. The van der Waals surface area contributed by atoms with Crippen LogP contribution in [0.15, 0.2) is 109 Å². The van der Waals surface area contributed by atoms with Crippen molar-refractivity contribution in [3.05, 3.63) is 126 Å². The Morgan fingerprint density at radius 1 is 0.774 bits per heavy atom. The first-order chi connectivity index (χ1) is 15.2. The van der Waals surface area contributed by atoms with Crippen molar-refractivity contribution >= 4 is 17.2 Å². The lowest BCUT2D eigenvalue weighted by atomic mass is 9.91. The normalized spacial score (nSPS) is 14.5. The average Bonchev–Trinajstić information content (AvgIpc) is 3.17. The van der Waals surface area contributed by atoms with Crippen molar-refractivity contribution in [1.29, 1.82) is 0 Å². The van der Waals surface area contributed by atoms with Gasteiger partial charge in [0.1, 0.15) is 0 Å². The smallest absolute Gasteiger partial charge is 0.192 e. The molecule has 0 bridgehead atoms. The summed E-state index contributed by atoms with van der Waals surface area (Å²) >= 11 is 0. The van der Waals surface area contributed by atoms with Gasteiger partial charge in [-0.1, -0.05) is 54.6 Å². The maximum Gasteiger partial charge on any atom is 0.192 e. The fraction of sp³-hybridized carbons (Fsp3) is 0.107. The molecule has 0 saturated carbocycles. The summed E-state index contributed by atoms with van der Waals surface area (Å²) in [5.41, 5.74) is 7.04. The molecule has 0 saturated heterocycles. The molecule has 31 heavy (non-hydrogen) atoms. The zero-order valence-electron chi connectivity index (χ0n) is 17.5. The van der Waals surface area contributed by atoms with Gasteiger partial charge in [-0.15, -0.1) is 0 Å². The van der Waals surface area contributed by atoms with Gasteiger partial charge in [0.05, 0.1) is 0 Å². The summed E-state index contributed by atoms with van der Waals surface area (Å²) < 4.78 is 2.22. The van der Waals surface area contributed by atoms with Crippen LogP contribution in [0, 0.1) is 6.92 Å². The number of carbonyl (C=O) groups is 1. The van der Waals surface area contributed by atoms with E-state index in [1.807, 2.05) is 66.9 Å². The van der Waals surface area contributed by atoms with E-state index < -0.39 is 0 Å². The molecule has 0 N–H and O–H groups in total. The molecule has 5 rings (SSSR count). The maximum atomic E-state index is 13.5. The van der Waals surface area contributed by atoms with E-state index in [0.29, 0.717) is 0 Å². The van der Waals surface area contributed by atoms with Gasteiger partial charge in [-0.3, -0.25) is 4.79 Å². The molecule has 1 aliphatic carbocycles. The number of nitrogens with zero attached hydrogens (tertiary/aromatic N) is 2. The minimum Gasteiger partial charge on any atom is -0.317 e. The lowest BCUT2D eigenvalue weighted by molar-refractivity contribution is 0.102. The third-order valence-electron chi connectivity index (χ3n) is 5.82. The number of fused-ring (bicyclic) bond motifs is 1. The molecule has 0 unspecified atom stereocenters. The predicted molar refractivity (Wildman–Crippen MR) is 126 cm³/mol. The van der Waals surface area contributed by atoms with Gasteiger partial charge in [0.15, 0.2) is 5.78 Å². The number of rotatable bonds is 4. The molecule has 4 aromatic rings. The zero-order chi connectivity index (χ0) is 21.2. The molecule has 3 nitrogen and oxygen atoms in total. The van der Waals surface area contributed by atoms with Crippen molar-refractivity contribution in [2.24, 2.45) is 0 Å². The first-order valence-corrected chi connectivity index (χ1v) is 10.6. The summed E-state index contributed by atoms with van der Waals surface area (Å²) in [4.78, 5) is 15.6. The highest BCUT2D eigenvalue weighted by Crippen LogP contribution is 2.33. The van der Waals surface area contributed by atoms with Gasteiger partial charge in [-0.25, -0.2) is 0 Å². The SMILES string of the molecule is Cc1cc2c(n1-c1ccccc1)CC/C(=C\N(c1ccccc1)c1ccccc1)C2=O. The number of benzene rings is 3. The molecule has 1 heterocycles. The van der Waals surface area contributed by atoms with Crippen molar-refractivity contribution in [3.8, 4) is 5.69 Å². The Morgan fingerprint density at radius 3 is 1.90 bits per heavy atom. The van der Waals surface area contributed by atoms with E-state index in [0.717, 1.165) is 52.4 Å². The molecule has 0 fully saturated rings. The zero-order valence-corrected chi connectivity index (χ0v) is 17.5. The number of ketones is 1. The number of allylic oxidation sites excluding steroid dienone is 1. The number of carbonyl (C=O) groups excluding carboxylic acids is 1. The number of hydrogen-bond donors (Lipinski definition) is 0. The second kappa shape index (κ2) is 8.11. The Balaban J connectivity index is 1.56. The van der Waals surface area contributed by atoms with E-state index in [1.165, 1.54) is 0 Å². The largest absolute Gasteiger partial charge is 0.317 e. The highest BCUT2D eigenvalue weighted by atomic mass is 16.1. The predicted octanol–water partition coefficient (Wildman–Crippen LogP) is 6.64. The molecule has 0 aliphatic heterocycles. The number of aryl methyl sites for hydroxylation is 1. The molecule has 3 aromatic carbocycles. The summed E-state index contributed by atoms with van der Waals surface area (Å²) in [7, 11) is 0. The number of anilines is 2. The van der Waals surface area contributed by atoms with Crippen molar-refractivity contribution in [2.45, 2.75) is 19.8 Å². The van der Waals surface area contributed by atoms with Crippen LogP contribution >= 0.6 is 0 Å². The minimum absolute atomic E-state index is 0.121. The second-order valence-corrected chi connectivity index (χ2v) is 7.84. The van der Waals surface area contributed by atoms with E-state index in [4.69, 9.17) is 0 Å². The summed E-state index contributed by atoms with van der Waals surface area (Å²) in [6, 6.07) is 32.7. The third kappa shape index (κ3) is 3.59. The van der Waals surface area contributed by atoms with Crippen LogP contribution in [0.2, 0.25) is 0 Å². The van der Waals surface area contributed by atoms with Crippen molar-refractivity contribution in [1.82, 2.24) is 4.57 Å². The van der Waals surface area contributed by atoms with Gasteiger partial charge in [0.2, 0.25) is 0 Å². The monoisotopic (exact) mass is 404 g/mol. The molecular weight excluding hydrogens is 380 g/mol. The fourth-order valence-corrected chi connectivity index (χ4v) is 4.36. The topological polar surface area (TPSA) is 25.2 Å². The molecule has 3 heteroatoms. The minimum atomic E-state index is 0.121. The van der Waals surface area contributed by atoms with E-state index in [-0.39, 0.29) is 5.78 Å². The molecule has 0 atom stereocenters. The fourth-order valence-electron chi connectivity index (χ4n) is 4.36. The van der Waals surface area contributed by atoms with E-state index in [9.17, 15) is 4.79 Å². The Bertz CT molecular complexity index is 1200. The van der Waals surface area contributed by atoms with Gasteiger partial charge in [-0.05, 0) is 62.2 Å². The van der Waals surface area contributed by atoms with Crippen LogP contribution in [0.4, 0.5) is 11.4 Å². The first kappa shape index (κ1) is 19.1. The molecule has 1 aliphatic rings. The van der Waals surface area contributed by atoms with Crippen LogP contribution in [0.1, 0.15) is 28.2 Å². The van der Waals surface area contributed by atoms with Crippen LogP contribution < -0.4 is 4.90 Å². The molecule has 1 aromatic heterocycles. The summed E-state index contributed by atoms with van der Waals surface area (Å²) in [6.07, 6.45) is 3.58. The Hall–Kier alpha value is -3.85. The highest BCUT2D eigenvalue weighted by molar-refractivity contribution is 6.11. The number of hydrogen-bond acceptors (Lipinski definition) is 2. The van der Waals surface area contributed by atoms with Gasteiger partial charge in [0.25, 0.3) is 0 Å². The summed E-state index contributed by atoms with van der Waals surface area (Å²) in [6.45, 7) is 2.07. The van der Waals surface area contributed by atoms with Gasteiger partial charge < -0.3 is 9.47 Å². The lowest BCUT2D eigenvalue weighted by Gasteiger charge is -2.24. The average molecular weight is 405 g/mol. The standard InChI is InChI=1S/C28H24N2O/c1-21-19-26-27(30(21)25-15-9-4-10-16-25)18-17-22(28(26)31)20-29(23-11-5-2-6-12-23)24-13-7-3-8-14-24/h2-16,19-20H,17-18H2,1H3/b22-20+. The van der Waals surface area contributed by atoms with Crippen LogP contribution in [0.5, 0.6) is 0 Å². The lowest BCUT2D eigenvalue weighted by Crippen LogP contribution is -2.19. The maximum absolute atomic E-state index is 13.5. The molecule has 0 amide bonds. The van der Waals surface area contributed by atoms with E-state index in [1.54, 1.807) is 0 Å². The first-order valence-electron chi connectivity index (χ1n) is 10.6. The van der Waals surface area contributed by atoms with Crippen LogP contribution in [-0.2, 0) is 6.42 Å². The number of aromatic nitrogens is 1. The van der Waals surface area contributed by atoms with Crippen molar-refractivity contribution in [3.63, 3.8) is 0 Å². The Labute approximate surface area is 182 Å². The number of Topliss-reactive ketones (excluding diaryl/α,β-unsaturated/α-hetero) is 1. The summed E-state index contributed by atoms with van der Waals surface area (Å²) in [5, 5.41) is 0. The Morgan fingerprint density at radius 2 is 1.32 bits per heavy atom. The van der Waals surface area contributed by atoms with Gasteiger partial charge >= 0.3 is 0 Å². The van der Waals surface area contributed by atoms with Crippen LogP contribution in [-0.4, -0.2) is 10.4 Å². The van der Waals surface area contributed by atoms with Gasteiger partial charge in [0, 0.05) is 45.8 Å². The van der Waals surface area contributed by atoms with Gasteiger partial charge in [-0.2, -0.15) is 0 Å². The molecule has 0 radical (unpaired) electrons. The summed E-state index contributed by atoms with van der Waals surface area (Å²) in [5.74, 6) is 0.121. The van der Waals surface area contributed by atoms with Crippen LogP contribution in [0.3, 0.4) is 0 Å². The Kier molecular flexibility index (Phi) is 5.01. The van der Waals surface area contributed by atoms with Crippen LogP contribution in [0.25, 0.3) is 5.69 Å². The number of para-hydroxylation sites is 3. The van der Waals surface area contributed by atoms with Crippen molar-refractivity contribution < 1.29 is 4.79 Å². The molecule has 0 spiro atoms. The third-order valence-corrected chi connectivity index (χ3v) is 5.82. The van der Waals surface area contributed by atoms with Crippen molar-refractivity contribution in [2.75, 3.05) is 4.90 Å². The van der Waals surface area contributed by atoms with E-state index >= 15 is 0 Å². The van der Waals surface area contributed by atoms with E-state index in [2.05, 4.69) is 52.8 Å². The molecular formula is C28H24N2O. The highest BCUT2D eigenvalue weighted by Gasteiger charge is 2.27.